The number of nitrogens with one attached hydrogen (secondary N) is 2. The number of aromatic nitrogens is 3. The van der Waals surface area contributed by atoms with E-state index in [0.717, 1.165) is 12.8 Å². The van der Waals surface area contributed by atoms with Crippen molar-refractivity contribution in [2.75, 3.05) is 12.5 Å². The Hall–Kier alpha value is -2.40. The third kappa shape index (κ3) is 6.59. The largest absolute Gasteiger partial charge is 0.415 e. The van der Waals surface area contributed by atoms with Crippen molar-refractivity contribution in [2.45, 2.75) is 68.2 Å². The summed E-state index contributed by atoms with van der Waals surface area (Å²) in [6.45, 7) is 3.98. The molecule has 1 saturated carbocycles. The molecule has 0 aromatic carbocycles. The average molecular weight is 506 g/mol. The van der Waals surface area contributed by atoms with Gasteiger partial charge in [0.15, 0.2) is 0 Å². The van der Waals surface area contributed by atoms with Gasteiger partial charge in [0, 0.05) is 12.2 Å². The van der Waals surface area contributed by atoms with Gasteiger partial charge >= 0.3 is 0 Å². The van der Waals surface area contributed by atoms with Gasteiger partial charge in [-0.05, 0) is 49.8 Å². The number of carbonyl (C=O) groups is 3. The molecule has 184 valence electrons. The Labute approximate surface area is 208 Å². The van der Waals surface area contributed by atoms with E-state index in [4.69, 9.17) is 4.42 Å². The fraction of sp³-hybridized carbons (Fsp3) is 0.565. The predicted molar refractivity (Wildman–Crippen MR) is 131 cm³/mol. The van der Waals surface area contributed by atoms with Crippen molar-refractivity contribution in [3.63, 3.8) is 0 Å². The summed E-state index contributed by atoms with van der Waals surface area (Å²) >= 11 is 2.69. The third-order valence-corrected chi connectivity index (χ3v) is 7.02. The first-order valence-electron chi connectivity index (χ1n) is 11.4. The number of amides is 3. The van der Waals surface area contributed by atoms with Crippen LogP contribution in [0.5, 0.6) is 0 Å². The third-order valence-electron chi connectivity index (χ3n) is 5.79. The number of carbonyl (C=O) groups excluding carboxylic acids is 3. The number of pyridine rings is 1. The first-order valence-corrected chi connectivity index (χ1v) is 13.8. The molecular formula is C23H31N5O4S2. The molecule has 0 radical (unpaired) electrons. The minimum absolute atomic E-state index is 0.183. The quantitative estimate of drug-likeness (QED) is 0.491. The van der Waals surface area contributed by atoms with Crippen LogP contribution in [0, 0.1) is 11.8 Å². The van der Waals surface area contributed by atoms with Gasteiger partial charge in [0.2, 0.25) is 17.7 Å². The zero-order valence-electron chi connectivity index (χ0n) is 19.9. The molecule has 3 atom stereocenters. The van der Waals surface area contributed by atoms with E-state index in [1.807, 2.05) is 26.4 Å². The van der Waals surface area contributed by atoms with E-state index in [1.54, 1.807) is 18.3 Å². The van der Waals surface area contributed by atoms with Crippen LogP contribution in [0.2, 0.25) is 0 Å². The van der Waals surface area contributed by atoms with Crippen LogP contribution in [0.15, 0.2) is 33.0 Å². The lowest BCUT2D eigenvalue weighted by atomic mass is 9.83. The number of hydrogen-bond acceptors (Lipinski definition) is 9. The van der Waals surface area contributed by atoms with Crippen molar-refractivity contribution in [2.24, 2.45) is 11.8 Å². The smallest absolute Gasteiger partial charge is 0.276 e. The van der Waals surface area contributed by atoms with Gasteiger partial charge in [-0.1, -0.05) is 38.5 Å². The van der Waals surface area contributed by atoms with Gasteiger partial charge in [-0.2, -0.15) is 0 Å². The summed E-state index contributed by atoms with van der Waals surface area (Å²) in [5, 5.41) is 14.5. The summed E-state index contributed by atoms with van der Waals surface area (Å²) in [6.07, 6.45) is 8.81. The monoisotopic (exact) mass is 505 g/mol. The summed E-state index contributed by atoms with van der Waals surface area (Å²) < 4.78 is 5.59. The molecule has 2 N–H and O–H groups in total. The second-order valence-electron chi connectivity index (χ2n) is 8.68. The lowest BCUT2D eigenvalue weighted by molar-refractivity contribution is -0.135. The van der Waals surface area contributed by atoms with Crippen molar-refractivity contribution in [1.29, 1.82) is 0 Å². The van der Waals surface area contributed by atoms with E-state index in [-0.39, 0.29) is 29.7 Å². The van der Waals surface area contributed by atoms with E-state index in [1.165, 1.54) is 23.5 Å². The van der Waals surface area contributed by atoms with Gasteiger partial charge in [-0.3, -0.25) is 19.7 Å². The molecule has 0 saturated heterocycles. The fourth-order valence-electron chi connectivity index (χ4n) is 4.13. The van der Waals surface area contributed by atoms with Gasteiger partial charge < -0.3 is 9.73 Å². The predicted octanol–water partition coefficient (Wildman–Crippen LogP) is 3.67. The van der Waals surface area contributed by atoms with Gasteiger partial charge in [0.25, 0.3) is 11.1 Å². The van der Waals surface area contributed by atoms with Crippen LogP contribution < -0.4 is 10.6 Å². The number of nitrogens with zero attached hydrogens (tertiary/aromatic N) is 3. The Balaban J connectivity index is 1.71. The summed E-state index contributed by atoms with van der Waals surface area (Å²) in [4.78, 5) is 43.4. The molecular weight excluding hydrogens is 474 g/mol. The Morgan fingerprint density at radius 2 is 1.91 bits per heavy atom. The normalized spacial score (nSPS) is 19.0. The molecule has 3 amide bonds. The Bertz CT molecular complexity index is 1010. The molecule has 9 nitrogen and oxygen atoms in total. The first-order chi connectivity index (χ1) is 16.3. The highest BCUT2D eigenvalue weighted by atomic mass is 32.2. The molecule has 11 heteroatoms. The molecule has 2 heterocycles. The molecule has 0 bridgehead atoms. The Kier molecular flexibility index (Phi) is 9.52. The summed E-state index contributed by atoms with van der Waals surface area (Å²) in [7, 11) is 0. The highest BCUT2D eigenvalue weighted by Crippen LogP contribution is 2.28. The lowest BCUT2D eigenvalue weighted by Gasteiger charge is -2.31. The minimum Gasteiger partial charge on any atom is -0.415 e. The Morgan fingerprint density at radius 3 is 2.59 bits per heavy atom. The van der Waals surface area contributed by atoms with Gasteiger partial charge in [-0.25, -0.2) is 4.98 Å². The average Bonchev–Trinajstić information content (AvgIpc) is 3.31. The molecule has 1 aliphatic carbocycles. The van der Waals surface area contributed by atoms with Crippen LogP contribution in [0.1, 0.15) is 68.1 Å². The molecule has 2 aromatic heterocycles. The van der Waals surface area contributed by atoms with Crippen LogP contribution >= 0.6 is 23.5 Å². The van der Waals surface area contributed by atoms with E-state index < -0.39 is 17.7 Å². The number of rotatable bonds is 9. The van der Waals surface area contributed by atoms with Gasteiger partial charge in [-0.15, -0.1) is 22.0 Å². The van der Waals surface area contributed by atoms with Crippen molar-refractivity contribution >= 4 is 41.2 Å². The van der Waals surface area contributed by atoms with Crippen molar-refractivity contribution in [3.8, 4) is 0 Å². The number of thioether (sulfide) groups is 2. The van der Waals surface area contributed by atoms with Crippen molar-refractivity contribution in [1.82, 2.24) is 25.8 Å². The SMILES string of the molecule is CSc1nnc([C@H](CC(C)C)C(=O)NC(=O)[C@@H]2CCCC[C@@H]2NC(=O)c2cccnc2SC)o1. The molecule has 1 aliphatic rings. The Morgan fingerprint density at radius 1 is 1.15 bits per heavy atom. The van der Waals surface area contributed by atoms with E-state index >= 15 is 0 Å². The zero-order valence-corrected chi connectivity index (χ0v) is 21.5. The maximum atomic E-state index is 13.2. The second-order valence-corrected chi connectivity index (χ2v) is 10.2. The molecule has 0 unspecified atom stereocenters. The van der Waals surface area contributed by atoms with Crippen molar-refractivity contribution in [3.05, 3.63) is 29.8 Å². The number of hydrogen-bond donors (Lipinski definition) is 2. The summed E-state index contributed by atoms with van der Waals surface area (Å²) in [5.74, 6) is -1.93. The maximum absolute atomic E-state index is 13.2. The lowest BCUT2D eigenvalue weighted by Crippen LogP contribution is -2.50. The second kappa shape index (κ2) is 12.3. The van der Waals surface area contributed by atoms with E-state index in [0.29, 0.717) is 35.1 Å². The molecule has 2 aromatic rings. The van der Waals surface area contributed by atoms with Gasteiger partial charge in [0.05, 0.1) is 11.5 Å². The van der Waals surface area contributed by atoms with E-state index in [9.17, 15) is 14.4 Å². The van der Waals surface area contributed by atoms with Gasteiger partial charge in [0.1, 0.15) is 10.9 Å². The molecule has 0 aliphatic heterocycles. The topological polar surface area (TPSA) is 127 Å². The fourth-order valence-corrected chi connectivity index (χ4v) is 4.96. The highest BCUT2D eigenvalue weighted by molar-refractivity contribution is 7.98. The van der Waals surface area contributed by atoms with Crippen LogP contribution in [0.3, 0.4) is 0 Å². The molecule has 34 heavy (non-hydrogen) atoms. The standard InChI is InChI=1S/C23H31N5O4S2/c1-13(2)12-16(21-27-28-23(32-21)34-4)20(31)26-18(29)14-8-5-6-10-17(14)25-19(30)15-9-7-11-24-22(15)33-3/h7,9,11,13-14,16-17H,5-6,8,10,12H2,1-4H3,(H,25,30)(H,26,29,31)/t14-,16-,17+/m1/s1. The molecule has 1 fully saturated rings. The van der Waals surface area contributed by atoms with E-state index in [2.05, 4.69) is 25.8 Å². The first kappa shape index (κ1) is 26.2. The highest BCUT2D eigenvalue weighted by Gasteiger charge is 2.36. The minimum atomic E-state index is -0.714. The maximum Gasteiger partial charge on any atom is 0.276 e. The van der Waals surface area contributed by atoms with Crippen molar-refractivity contribution < 1.29 is 18.8 Å². The number of imide groups is 1. The molecule has 0 spiro atoms. The molecule has 3 rings (SSSR count). The van der Waals surface area contributed by atoms with Crippen LogP contribution in [0.25, 0.3) is 0 Å². The summed E-state index contributed by atoms with van der Waals surface area (Å²) in [6, 6.07) is 3.08. The zero-order chi connectivity index (χ0) is 24.7. The summed E-state index contributed by atoms with van der Waals surface area (Å²) in [5.41, 5.74) is 0.480. The van der Waals surface area contributed by atoms with Crippen LogP contribution in [-0.2, 0) is 9.59 Å². The van der Waals surface area contributed by atoms with Crippen LogP contribution in [-0.4, -0.2) is 51.5 Å². The van der Waals surface area contributed by atoms with Crippen LogP contribution in [0.4, 0.5) is 0 Å².